The molecule has 0 bridgehead atoms. The van der Waals surface area contributed by atoms with Gasteiger partial charge in [-0.05, 0) is 61.4 Å². The van der Waals surface area contributed by atoms with Crippen LogP contribution in [0.3, 0.4) is 0 Å². The van der Waals surface area contributed by atoms with Crippen LogP contribution in [0.2, 0.25) is 0 Å². The molecule has 45 heavy (non-hydrogen) atoms. The van der Waals surface area contributed by atoms with Crippen LogP contribution < -0.4 is 16.0 Å². The van der Waals surface area contributed by atoms with Crippen molar-refractivity contribution in [1.82, 2.24) is 20.8 Å². The Hall–Kier alpha value is -5.58. The lowest BCUT2D eigenvalue weighted by Gasteiger charge is -2.17. The number of H-pyrrole nitrogens is 1. The summed E-state index contributed by atoms with van der Waals surface area (Å²) in [5.74, 6) is -4.65. The number of phenols is 1. The molecule has 0 aliphatic carbocycles. The van der Waals surface area contributed by atoms with Crippen LogP contribution in [0.25, 0.3) is 10.9 Å². The lowest BCUT2D eigenvalue weighted by molar-refractivity contribution is -0.143. The Morgan fingerprint density at radius 3 is 2.47 bits per heavy atom. The molecule has 1 atom stereocenters. The van der Waals surface area contributed by atoms with Crippen LogP contribution in [0, 0.1) is 5.41 Å². The Morgan fingerprint density at radius 2 is 1.73 bits per heavy atom. The number of anilines is 2. The molecule has 2 amide bonds. The summed E-state index contributed by atoms with van der Waals surface area (Å²) in [6.07, 6.45) is 1.70. The van der Waals surface area contributed by atoms with Crippen LogP contribution in [0.4, 0.5) is 20.2 Å². The van der Waals surface area contributed by atoms with Gasteiger partial charge in [-0.3, -0.25) is 14.7 Å². The van der Waals surface area contributed by atoms with Crippen molar-refractivity contribution in [3.05, 3.63) is 119 Å². The first kappa shape index (κ1) is 32.3. The Bertz CT molecular complexity index is 1770. The molecule has 1 heterocycles. The Labute approximate surface area is 259 Å². The summed E-state index contributed by atoms with van der Waals surface area (Å²) in [5, 5.41) is 33.6. The van der Waals surface area contributed by atoms with Gasteiger partial charge in [-0.2, -0.15) is 13.9 Å². The van der Waals surface area contributed by atoms with E-state index in [2.05, 4.69) is 26.1 Å². The van der Waals surface area contributed by atoms with Gasteiger partial charge in [0, 0.05) is 47.1 Å². The largest absolute Gasteiger partial charge is 0.508 e. The molecule has 4 aromatic carbocycles. The van der Waals surface area contributed by atoms with E-state index in [4.69, 9.17) is 5.41 Å². The average molecular weight is 613 g/mol. The quantitative estimate of drug-likeness (QED) is 0.0807. The van der Waals surface area contributed by atoms with Gasteiger partial charge in [0.15, 0.2) is 0 Å². The van der Waals surface area contributed by atoms with Crippen molar-refractivity contribution >= 4 is 40.3 Å². The molecule has 0 fully saturated rings. The molecule has 1 aromatic heterocycles. The number of amides is 2. The van der Waals surface area contributed by atoms with E-state index in [1.807, 2.05) is 60.7 Å². The average Bonchev–Trinajstić information content (AvgIpc) is 3.44. The van der Waals surface area contributed by atoms with Crippen LogP contribution in [-0.4, -0.2) is 45.3 Å². The lowest BCUT2D eigenvalue weighted by Crippen LogP contribution is -2.43. The summed E-state index contributed by atoms with van der Waals surface area (Å²) in [7, 11) is 0. The number of fused-ring (bicyclic) bond motifs is 1. The van der Waals surface area contributed by atoms with Crippen molar-refractivity contribution in [2.24, 2.45) is 0 Å². The fraction of sp³-hybridized carbons (Fsp3) is 0.176. The van der Waals surface area contributed by atoms with Crippen LogP contribution in [-0.2, 0) is 17.8 Å². The van der Waals surface area contributed by atoms with Gasteiger partial charge in [-0.1, -0.05) is 54.6 Å². The number of para-hydroxylation sites is 1. The molecular formula is C34H34F2N6O3. The summed E-state index contributed by atoms with van der Waals surface area (Å²) < 4.78 is 25.2. The molecule has 6 N–H and O–H groups in total. The summed E-state index contributed by atoms with van der Waals surface area (Å²) in [4.78, 5) is 23.6. The van der Waals surface area contributed by atoms with Crippen LogP contribution in [0.15, 0.2) is 97.1 Å². The number of alkyl halides is 2. The number of rotatable bonds is 10. The number of hydrogen-bond donors (Lipinski definition) is 6. The van der Waals surface area contributed by atoms with Gasteiger partial charge in [0.1, 0.15) is 5.75 Å². The first-order valence-corrected chi connectivity index (χ1v) is 14.2. The molecular weight excluding hydrogens is 578 g/mol. The second-order valence-electron chi connectivity index (χ2n) is 10.5. The zero-order valence-corrected chi connectivity index (χ0v) is 24.8. The summed E-state index contributed by atoms with van der Waals surface area (Å²) >= 11 is 0. The van der Waals surface area contributed by atoms with Crippen LogP contribution in [0.5, 0.6) is 5.75 Å². The van der Waals surface area contributed by atoms with Gasteiger partial charge >= 0.3 is 5.92 Å². The second kappa shape index (κ2) is 14.7. The summed E-state index contributed by atoms with van der Waals surface area (Å²) in [5.41, 5.74) is 5.15. The van der Waals surface area contributed by atoms with Crippen molar-refractivity contribution in [3.63, 3.8) is 0 Å². The molecule has 232 valence electrons. The highest BCUT2D eigenvalue weighted by Gasteiger charge is 2.32. The van der Waals surface area contributed by atoms with E-state index in [-0.39, 0.29) is 17.7 Å². The van der Waals surface area contributed by atoms with Gasteiger partial charge in [-0.15, -0.1) is 0 Å². The number of aromatic nitrogens is 2. The highest BCUT2D eigenvalue weighted by atomic mass is 19.3. The lowest BCUT2D eigenvalue weighted by atomic mass is 10.1. The zero-order valence-electron chi connectivity index (χ0n) is 24.8. The van der Waals surface area contributed by atoms with Crippen molar-refractivity contribution in [1.29, 1.82) is 5.41 Å². The number of carbonyl (C=O) groups excluding carboxylic acids is 2. The van der Waals surface area contributed by atoms with Crippen LogP contribution in [0.1, 0.15) is 41.0 Å². The van der Waals surface area contributed by atoms with E-state index >= 15 is 0 Å². The maximum atomic E-state index is 12.6. The third kappa shape index (κ3) is 9.20. The number of nitrogens with zero attached hydrogens (tertiary/aromatic N) is 1. The maximum Gasteiger partial charge on any atom is 0.321 e. The Morgan fingerprint density at radius 1 is 1.00 bits per heavy atom. The van der Waals surface area contributed by atoms with E-state index in [1.165, 1.54) is 6.07 Å². The van der Waals surface area contributed by atoms with Gasteiger partial charge in [0.2, 0.25) is 0 Å². The van der Waals surface area contributed by atoms with E-state index in [0.717, 1.165) is 28.4 Å². The number of benzene rings is 4. The number of hydrogen-bond acceptors (Lipinski definition) is 6. The molecule has 0 radical (unpaired) electrons. The number of nitrogens with one attached hydrogen (secondary N) is 5. The minimum absolute atomic E-state index is 0.0912. The molecule has 0 aliphatic rings. The Kier molecular flexibility index (Phi) is 10.6. The SMILES string of the molecule is CC(Cc1ccccc1)NC(=O)C(C)(F)F.N=Cc1cc(O)ccc1Nc1cccc(C(=O)NCc2[nH]nc3ccccc23)c1. The topological polar surface area (TPSA) is 143 Å². The fourth-order valence-corrected chi connectivity index (χ4v) is 4.47. The maximum absolute atomic E-state index is 12.6. The fourth-order valence-electron chi connectivity index (χ4n) is 4.47. The predicted octanol–water partition coefficient (Wildman–Crippen LogP) is 6.33. The van der Waals surface area contributed by atoms with E-state index in [0.29, 0.717) is 42.4 Å². The smallest absolute Gasteiger partial charge is 0.321 e. The van der Waals surface area contributed by atoms with Crippen molar-refractivity contribution in [2.75, 3.05) is 5.32 Å². The third-order valence-corrected chi connectivity index (χ3v) is 6.72. The monoisotopic (exact) mass is 612 g/mol. The first-order chi connectivity index (χ1) is 21.5. The molecule has 5 rings (SSSR count). The molecule has 0 saturated heterocycles. The minimum atomic E-state index is -3.31. The molecule has 11 heteroatoms. The van der Waals surface area contributed by atoms with Gasteiger partial charge < -0.3 is 26.5 Å². The van der Waals surface area contributed by atoms with Gasteiger partial charge in [-0.25, -0.2) is 0 Å². The van der Waals surface area contributed by atoms with E-state index < -0.39 is 11.8 Å². The molecule has 0 aliphatic heterocycles. The summed E-state index contributed by atoms with van der Waals surface area (Å²) in [6.45, 7) is 2.64. The first-order valence-electron chi connectivity index (χ1n) is 14.2. The van der Waals surface area contributed by atoms with Gasteiger partial charge in [0.25, 0.3) is 11.8 Å². The van der Waals surface area contributed by atoms with E-state index in [9.17, 15) is 23.5 Å². The number of aromatic hydroxyl groups is 1. The molecule has 5 aromatic rings. The Balaban J connectivity index is 0.000000245. The third-order valence-electron chi connectivity index (χ3n) is 6.72. The molecule has 0 saturated carbocycles. The summed E-state index contributed by atoms with van der Waals surface area (Å²) in [6, 6.07) is 28.7. The number of phenolic OH excluding ortho intramolecular Hbond substituents is 1. The zero-order chi connectivity index (χ0) is 32.4. The van der Waals surface area contributed by atoms with Gasteiger partial charge in [0.05, 0.1) is 17.8 Å². The van der Waals surface area contributed by atoms with E-state index in [1.54, 1.807) is 37.3 Å². The highest BCUT2D eigenvalue weighted by molar-refractivity contribution is 5.96. The number of aromatic amines is 1. The second-order valence-corrected chi connectivity index (χ2v) is 10.5. The number of carbonyl (C=O) groups is 2. The normalized spacial score (nSPS) is 11.6. The van der Waals surface area contributed by atoms with Crippen molar-refractivity contribution in [2.45, 2.75) is 38.8 Å². The highest BCUT2D eigenvalue weighted by Crippen LogP contribution is 2.24. The molecule has 0 spiro atoms. The number of halogens is 2. The standard InChI is InChI=1S/C22H19N5O2.C12H15F2NO/c23-12-15-11-17(28)8-9-19(15)25-16-5-3-4-14(10-16)22(29)24-13-21-18-6-1-2-7-20(18)26-27-21;1-9(15-11(16)12(2,13)14)8-10-6-4-3-5-7-10/h1-12,23,25,28H,13H2,(H,24,29)(H,26,27);3-7,9H,8H2,1-2H3,(H,15,16). The minimum Gasteiger partial charge on any atom is -0.508 e. The molecule has 9 nitrogen and oxygen atoms in total. The predicted molar refractivity (Wildman–Crippen MR) is 171 cm³/mol. The van der Waals surface area contributed by atoms with Crippen molar-refractivity contribution in [3.8, 4) is 5.75 Å². The molecule has 1 unspecified atom stereocenters. The van der Waals surface area contributed by atoms with Crippen molar-refractivity contribution < 1.29 is 23.5 Å². The van der Waals surface area contributed by atoms with Crippen LogP contribution >= 0.6 is 0 Å².